The molecule has 0 aliphatic heterocycles. The van der Waals surface area contributed by atoms with Crippen molar-refractivity contribution in [1.82, 2.24) is 9.55 Å². The van der Waals surface area contributed by atoms with Crippen molar-refractivity contribution in [3.8, 4) is 5.75 Å². The lowest BCUT2D eigenvalue weighted by Crippen LogP contribution is -2.05. The van der Waals surface area contributed by atoms with Crippen LogP contribution in [0, 0.1) is 0 Å². The average Bonchev–Trinajstić information content (AvgIpc) is 2.67. The molecule has 2 rings (SSSR count). The number of rotatable bonds is 4. The number of nitrogens with zero attached hydrogens (tertiary/aromatic N) is 2. The minimum absolute atomic E-state index is 0.198. The van der Waals surface area contributed by atoms with Gasteiger partial charge in [0, 0.05) is 25.1 Å². The summed E-state index contributed by atoms with van der Waals surface area (Å²) in [7, 11) is 1.95. The standard InChI is InChI=1S/C13H17N3O/c1-10(2)17-12-6-4-11(5-7-12)15-13-14-8-9-16(13)3/h4-10H,1-3H3,(H,14,15). The fraction of sp³-hybridized carbons (Fsp3) is 0.308. The molecule has 0 saturated heterocycles. The van der Waals surface area contributed by atoms with Gasteiger partial charge in [-0.05, 0) is 38.1 Å². The quantitative estimate of drug-likeness (QED) is 0.879. The Kier molecular flexibility index (Phi) is 3.32. The van der Waals surface area contributed by atoms with E-state index in [0.717, 1.165) is 17.4 Å². The average molecular weight is 231 g/mol. The smallest absolute Gasteiger partial charge is 0.207 e. The zero-order valence-electron chi connectivity index (χ0n) is 10.3. The molecule has 17 heavy (non-hydrogen) atoms. The number of ether oxygens (including phenoxy) is 1. The van der Waals surface area contributed by atoms with E-state index >= 15 is 0 Å². The van der Waals surface area contributed by atoms with Crippen LogP contribution < -0.4 is 10.1 Å². The molecule has 0 amide bonds. The molecular formula is C13H17N3O. The molecule has 0 radical (unpaired) electrons. The Morgan fingerprint density at radius 1 is 1.24 bits per heavy atom. The number of benzene rings is 1. The van der Waals surface area contributed by atoms with Crippen LogP contribution in [0.5, 0.6) is 5.75 Å². The number of hydrogen-bond donors (Lipinski definition) is 1. The van der Waals surface area contributed by atoms with Crippen LogP contribution >= 0.6 is 0 Å². The van der Waals surface area contributed by atoms with Gasteiger partial charge in [0.1, 0.15) is 5.75 Å². The summed E-state index contributed by atoms with van der Waals surface area (Å²) >= 11 is 0. The van der Waals surface area contributed by atoms with Crippen molar-refractivity contribution in [2.75, 3.05) is 5.32 Å². The van der Waals surface area contributed by atoms with Crippen LogP contribution in [0.1, 0.15) is 13.8 Å². The van der Waals surface area contributed by atoms with Gasteiger partial charge in [-0.1, -0.05) is 0 Å². The van der Waals surface area contributed by atoms with E-state index in [2.05, 4.69) is 10.3 Å². The minimum atomic E-state index is 0.198. The summed E-state index contributed by atoms with van der Waals surface area (Å²) < 4.78 is 7.51. The number of imidazole rings is 1. The van der Waals surface area contributed by atoms with Crippen molar-refractivity contribution >= 4 is 11.6 Å². The first kappa shape index (κ1) is 11.5. The van der Waals surface area contributed by atoms with Gasteiger partial charge in [-0.2, -0.15) is 0 Å². The summed E-state index contributed by atoms with van der Waals surface area (Å²) in [5, 5.41) is 3.23. The molecule has 4 heteroatoms. The van der Waals surface area contributed by atoms with Crippen LogP contribution in [-0.2, 0) is 7.05 Å². The van der Waals surface area contributed by atoms with Crippen molar-refractivity contribution in [3.05, 3.63) is 36.7 Å². The molecule has 0 unspecified atom stereocenters. The van der Waals surface area contributed by atoms with E-state index < -0.39 is 0 Å². The molecule has 0 fully saturated rings. The molecule has 0 atom stereocenters. The van der Waals surface area contributed by atoms with Crippen LogP contribution in [0.2, 0.25) is 0 Å². The molecule has 0 saturated carbocycles. The van der Waals surface area contributed by atoms with Gasteiger partial charge in [0.2, 0.25) is 5.95 Å². The molecule has 0 aliphatic rings. The Morgan fingerprint density at radius 2 is 1.94 bits per heavy atom. The number of anilines is 2. The topological polar surface area (TPSA) is 39.1 Å². The van der Waals surface area contributed by atoms with Crippen LogP contribution in [-0.4, -0.2) is 15.7 Å². The highest BCUT2D eigenvalue weighted by Crippen LogP contribution is 2.19. The summed E-state index contributed by atoms with van der Waals surface area (Å²) in [6.07, 6.45) is 3.86. The van der Waals surface area contributed by atoms with Gasteiger partial charge in [-0.25, -0.2) is 4.98 Å². The van der Waals surface area contributed by atoms with Crippen LogP contribution in [0.15, 0.2) is 36.7 Å². The third-order valence-corrected chi connectivity index (χ3v) is 2.30. The number of hydrogen-bond acceptors (Lipinski definition) is 3. The zero-order chi connectivity index (χ0) is 12.3. The molecule has 0 spiro atoms. The van der Waals surface area contributed by atoms with E-state index in [9.17, 15) is 0 Å². The lowest BCUT2D eigenvalue weighted by molar-refractivity contribution is 0.242. The second kappa shape index (κ2) is 4.91. The fourth-order valence-corrected chi connectivity index (χ4v) is 1.50. The third kappa shape index (κ3) is 3.00. The van der Waals surface area contributed by atoms with Crippen LogP contribution in [0.4, 0.5) is 11.6 Å². The van der Waals surface area contributed by atoms with Crippen molar-refractivity contribution in [3.63, 3.8) is 0 Å². The number of aromatic nitrogens is 2. The van der Waals surface area contributed by atoms with E-state index in [-0.39, 0.29) is 6.10 Å². The van der Waals surface area contributed by atoms with Gasteiger partial charge < -0.3 is 14.6 Å². The van der Waals surface area contributed by atoms with Crippen LogP contribution in [0.3, 0.4) is 0 Å². The Labute approximate surface area is 101 Å². The molecule has 1 N–H and O–H groups in total. The second-order valence-electron chi connectivity index (χ2n) is 4.18. The van der Waals surface area contributed by atoms with Gasteiger partial charge >= 0.3 is 0 Å². The summed E-state index contributed by atoms with van der Waals surface area (Å²) in [6, 6.07) is 7.86. The largest absolute Gasteiger partial charge is 0.491 e. The van der Waals surface area contributed by atoms with Gasteiger partial charge in [0.25, 0.3) is 0 Å². The van der Waals surface area contributed by atoms with Crippen molar-refractivity contribution in [2.45, 2.75) is 20.0 Å². The maximum absolute atomic E-state index is 5.58. The second-order valence-corrected chi connectivity index (χ2v) is 4.18. The molecular weight excluding hydrogens is 214 g/mol. The Balaban J connectivity index is 2.06. The van der Waals surface area contributed by atoms with E-state index in [0.29, 0.717) is 0 Å². The first-order valence-electron chi connectivity index (χ1n) is 5.66. The van der Waals surface area contributed by atoms with E-state index in [1.807, 2.05) is 55.9 Å². The zero-order valence-corrected chi connectivity index (χ0v) is 10.3. The SMILES string of the molecule is CC(C)Oc1ccc(Nc2nccn2C)cc1. The fourth-order valence-electron chi connectivity index (χ4n) is 1.50. The monoisotopic (exact) mass is 231 g/mol. The molecule has 1 aromatic heterocycles. The van der Waals surface area contributed by atoms with E-state index in [1.54, 1.807) is 6.20 Å². The molecule has 4 nitrogen and oxygen atoms in total. The molecule has 1 heterocycles. The molecule has 0 bridgehead atoms. The lowest BCUT2D eigenvalue weighted by atomic mass is 10.3. The van der Waals surface area contributed by atoms with E-state index in [1.165, 1.54) is 0 Å². The van der Waals surface area contributed by atoms with Gasteiger partial charge in [0.05, 0.1) is 6.10 Å². The molecule has 90 valence electrons. The minimum Gasteiger partial charge on any atom is -0.491 e. The summed E-state index contributed by atoms with van der Waals surface area (Å²) in [5.74, 6) is 1.70. The van der Waals surface area contributed by atoms with Gasteiger partial charge in [-0.15, -0.1) is 0 Å². The summed E-state index contributed by atoms with van der Waals surface area (Å²) in [4.78, 5) is 4.20. The van der Waals surface area contributed by atoms with Crippen molar-refractivity contribution < 1.29 is 4.74 Å². The Hall–Kier alpha value is -1.97. The van der Waals surface area contributed by atoms with Crippen molar-refractivity contribution in [2.24, 2.45) is 7.05 Å². The maximum Gasteiger partial charge on any atom is 0.207 e. The molecule has 0 aliphatic carbocycles. The van der Waals surface area contributed by atoms with Crippen LogP contribution in [0.25, 0.3) is 0 Å². The lowest BCUT2D eigenvalue weighted by Gasteiger charge is -2.10. The number of aryl methyl sites for hydroxylation is 1. The Bertz CT molecular complexity index is 474. The number of nitrogens with one attached hydrogen (secondary N) is 1. The summed E-state index contributed by atoms with van der Waals surface area (Å²) in [5.41, 5.74) is 0.996. The van der Waals surface area contributed by atoms with Gasteiger partial charge in [-0.3, -0.25) is 0 Å². The van der Waals surface area contributed by atoms with E-state index in [4.69, 9.17) is 4.74 Å². The third-order valence-electron chi connectivity index (χ3n) is 2.30. The molecule has 1 aromatic carbocycles. The highest BCUT2D eigenvalue weighted by Gasteiger charge is 2.01. The molecule has 2 aromatic rings. The predicted molar refractivity (Wildman–Crippen MR) is 68.7 cm³/mol. The normalized spacial score (nSPS) is 10.6. The predicted octanol–water partition coefficient (Wildman–Crippen LogP) is 2.95. The van der Waals surface area contributed by atoms with Gasteiger partial charge in [0.15, 0.2) is 0 Å². The first-order chi connectivity index (χ1) is 8.15. The van der Waals surface area contributed by atoms with Crippen molar-refractivity contribution in [1.29, 1.82) is 0 Å². The highest BCUT2D eigenvalue weighted by atomic mass is 16.5. The Morgan fingerprint density at radius 3 is 2.47 bits per heavy atom. The first-order valence-corrected chi connectivity index (χ1v) is 5.66. The summed E-state index contributed by atoms with van der Waals surface area (Å²) in [6.45, 7) is 4.03. The highest BCUT2D eigenvalue weighted by molar-refractivity contribution is 5.54. The maximum atomic E-state index is 5.58.